The third-order valence-electron chi connectivity index (χ3n) is 2.84. The summed E-state index contributed by atoms with van der Waals surface area (Å²) in [4.78, 5) is 23.6. The summed E-state index contributed by atoms with van der Waals surface area (Å²) in [5, 5.41) is 22.7. The van der Waals surface area contributed by atoms with Crippen LogP contribution in [0.3, 0.4) is 0 Å². The first-order valence-corrected chi connectivity index (χ1v) is 6.44. The Morgan fingerprint density at radius 2 is 2.32 bits per heavy atom. The molecule has 1 heterocycles. The number of rotatable bonds is 2. The molecule has 7 nitrogen and oxygen atoms in total. The van der Waals surface area contributed by atoms with Crippen molar-refractivity contribution in [2.45, 2.75) is 12.5 Å². The maximum Gasteiger partial charge on any atom is 0.321 e. The average Bonchev–Trinajstić information content (AvgIpc) is 2.78. The maximum absolute atomic E-state index is 11.8. The number of nitrogens with one attached hydrogen (secondary N) is 1. The molecule has 0 aromatic heterocycles. The van der Waals surface area contributed by atoms with Gasteiger partial charge in [0.1, 0.15) is 0 Å². The summed E-state index contributed by atoms with van der Waals surface area (Å²) in [5.74, 6) is 0. The van der Waals surface area contributed by atoms with Crippen molar-refractivity contribution in [1.82, 2.24) is 4.90 Å². The van der Waals surface area contributed by atoms with E-state index in [0.717, 1.165) is 0 Å². The maximum atomic E-state index is 11.8. The molecule has 8 heteroatoms. The molecule has 1 atom stereocenters. The van der Waals surface area contributed by atoms with Crippen molar-refractivity contribution in [3.8, 4) is 0 Å². The topological polar surface area (TPSA) is 95.7 Å². The molecular formula is C11H12BrN3O4. The van der Waals surface area contributed by atoms with Gasteiger partial charge in [0, 0.05) is 24.8 Å². The molecule has 0 bridgehead atoms. The largest absolute Gasteiger partial charge is 0.391 e. The second kappa shape index (κ2) is 5.54. The fourth-order valence-electron chi connectivity index (χ4n) is 1.86. The predicted molar refractivity (Wildman–Crippen MR) is 72.0 cm³/mol. The summed E-state index contributed by atoms with van der Waals surface area (Å²) in [7, 11) is 0. The number of nitrogens with zero attached hydrogens (tertiary/aromatic N) is 2. The SMILES string of the molecule is O=C(Nc1ccc(Br)c([N+](=O)[O-])c1)N1CCC(O)C1. The van der Waals surface area contributed by atoms with Gasteiger partial charge in [0.05, 0.1) is 15.5 Å². The second-order valence-electron chi connectivity index (χ2n) is 4.24. The zero-order valence-corrected chi connectivity index (χ0v) is 11.5. The minimum Gasteiger partial charge on any atom is -0.391 e. The van der Waals surface area contributed by atoms with Crippen LogP contribution in [0, 0.1) is 10.1 Å². The number of amides is 2. The molecule has 19 heavy (non-hydrogen) atoms. The Kier molecular flexibility index (Phi) is 4.01. The molecular weight excluding hydrogens is 318 g/mol. The molecule has 0 aliphatic carbocycles. The Morgan fingerprint density at radius 1 is 1.58 bits per heavy atom. The molecule has 1 aromatic carbocycles. The van der Waals surface area contributed by atoms with E-state index in [9.17, 15) is 20.0 Å². The lowest BCUT2D eigenvalue weighted by Gasteiger charge is -2.16. The van der Waals surface area contributed by atoms with E-state index in [0.29, 0.717) is 23.1 Å². The van der Waals surface area contributed by atoms with Crippen LogP contribution in [0.1, 0.15) is 6.42 Å². The van der Waals surface area contributed by atoms with Crippen molar-refractivity contribution in [1.29, 1.82) is 0 Å². The number of nitro groups is 1. The molecule has 1 saturated heterocycles. The fraction of sp³-hybridized carbons (Fsp3) is 0.364. The highest BCUT2D eigenvalue weighted by Gasteiger charge is 2.24. The van der Waals surface area contributed by atoms with Crippen LogP contribution in [-0.2, 0) is 0 Å². The first kappa shape index (κ1) is 13.8. The van der Waals surface area contributed by atoms with Crippen molar-refractivity contribution >= 4 is 33.3 Å². The monoisotopic (exact) mass is 329 g/mol. The van der Waals surface area contributed by atoms with Crippen molar-refractivity contribution in [3.63, 3.8) is 0 Å². The van der Waals surface area contributed by atoms with Crippen LogP contribution in [0.15, 0.2) is 22.7 Å². The van der Waals surface area contributed by atoms with Crippen LogP contribution < -0.4 is 5.32 Å². The van der Waals surface area contributed by atoms with Gasteiger partial charge in [0.25, 0.3) is 5.69 Å². The Balaban J connectivity index is 2.09. The molecule has 1 fully saturated rings. The molecule has 0 spiro atoms. The summed E-state index contributed by atoms with van der Waals surface area (Å²) < 4.78 is 0.354. The molecule has 1 aromatic rings. The predicted octanol–water partition coefficient (Wildman–Crippen LogP) is 1.96. The number of halogens is 1. The fourth-order valence-corrected chi connectivity index (χ4v) is 2.25. The molecule has 1 aliphatic rings. The number of β-amino-alcohol motifs (C(OH)–C–C–N with tert-alkyl or cyclic N) is 1. The Hall–Kier alpha value is -1.67. The summed E-state index contributed by atoms with van der Waals surface area (Å²) in [6, 6.07) is 4.00. The summed E-state index contributed by atoms with van der Waals surface area (Å²) in [6.45, 7) is 0.760. The van der Waals surface area contributed by atoms with E-state index in [1.54, 1.807) is 6.07 Å². The van der Waals surface area contributed by atoms with Gasteiger partial charge in [-0.3, -0.25) is 10.1 Å². The smallest absolute Gasteiger partial charge is 0.321 e. The Bertz CT molecular complexity index is 523. The molecule has 102 valence electrons. The number of urea groups is 1. The van der Waals surface area contributed by atoms with Gasteiger partial charge in [-0.1, -0.05) is 0 Å². The van der Waals surface area contributed by atoms with Crippen LogP contribution in [0.5, 0.6) is 0 Å². The van der Waals surface area contributed by atoms with Crippen LogP contribution >= 0.6 is 15.9 Å². The molecule has 2 rings (SSSR count). The highest BCUT2D eigenvalue weighted by Crippen LogP contribution is 2.28. The summed E-state index contributed by atoms with van der Waals surface area (Å²) >= 11 is 3.07. The van der Waals surface area contributed by atoms with Gasteiger partial charge in [-0.25, -0.2) is 4.79 Å². The number of hydrogen-bond donors (Lipinski definition) is 2. The van der Waals surface area contributed by atoms with E-state index >= 15 is 0 Å². The van der Waals surface area contributed by atoms with E-state index in [2.05, 4.69) is 21.2 Å². The molecule has 0 radical (unpaired) electrons. The number of aliphatic hydroxyl groups excluding tert-OH is 1. The van der Waals surface area contributed by atoms with E-state index in [1.807, 2.05) is 0 Å². The molecule has 2 N–H and O–H groups in total. The Labute approximate surface area is 117 Å². The average molecular weight is 330 g/mol. The zero-order chi connectivity index (χ0) is 14.0. The van der Waals surface area contributed by atoms with E-state index < -0.39 is 11.0 Å². The number of aliphatic hydroxyl groups is 1. The lowest BCUT2D eigenvalue weighted by atomic mass is 10.3. The van der Waals surface area contributed by atoms with E-state index in [4.69, 9.17) is 0 Å². The van der Waals surface area contributed by atoms with Crippen LogP contribution in [0.4, 0.5) is 16.2 Å². The van der Waals surface area contributed by atoms with Gasteiger partial charge < -0.3 is 15.3 Å². The van der Waals surface area contributed by atoms with Crippen molar-refractivity contribution in [2.24, 2.45) is 0 Å². The van der Waals surface area contributed by atoms with Crippen LogP contribution in [-0.4, -0.2) is 40.2 Å². The molecule has 0 saturated carbocycles. The van der Waals surface area contributed by atoms with Gasteiger partial charge in [-0.2, -0.15) is 0 Å². The number of carbonyl (C=O) groups excluding carboxylic acids is 1. The van der Waals surface area contributed by atoms with Gasteiger partial charge in [-0.05, 0) is 34.5 Å². The normalized spacial score (nSPS) is 18.4. The van der Waals surface area contributed by atoms with Crippen molar-refractivity contribution < 1.29 is 14.8 Å². The van der Waals surface area contributed by atoms with Crippen molar-refractivity contribution in [2.75, 3.05) is 18.4 Å². The standard InChI is InChI=1S/C11H12BrN3O4/c12-9-2-1-7(5-10(9)15(18)19)13-11(17)14-4-3-8(16)6-14/h1-2,5,8,16H,3-4,6H2,(H,13,17). The summed E-state index contributed by atoms with van der Waals surface area (Å²) in [5.41, 5.74) is 0.237. The molecule has 2 amide bonds. The number of likely N-dealkylation sites (tertiary alicyclic amines) is 1. The minimum atomic E-state index is -0.528. The number of carbonyl (C=O) groups is 1. The highest BCUT2D eigenvalue weighted by atomic mass is 79.9. The quantitative estimate of drug-likeness (QED) is 0.640. The number of nitro benzene ring substituents is 1. The number of benzene rings is 1. The van der Waals surface area contributed by atoms with Gasteiger partial charge in [0.15, 0.2) is 0 Å². The third kappa shape index (κ3) is 3.21. The van der Waals surface area contributed by atoms with E-state index in [1.165, 1.54) is 17.0 Å². The van der Waals surface area contributed by atoms with Gasteiger partial charge in [-0.15, -0.1) is 0 Å². The van der Waals surface area contributed by atoms with Crippen LogP contribution in [0.25, 0.3) is 0 Å². The molecule has 1 unspecified atom stereocenters. The number of anilines is 1. The molecule has 1 aliphatic heterocycles. The first-order valence-electron chi connectivity index (χ1n) is 5.65. The minimum absolute atomic E-state index is 0.112. The van der Waals surface area contributed by atoms with Gasteiger partial charge >= 0.3 is 6.03 Å². The van der Waals surface area contributed by atoms with Crippen LogP contribution in [0.2, 0.25) is 0 Å². The lowest BCUT2D eigenvalue weighted by molar-refractivity contribution is -0.385. The highest BCUT2D eigenvalue weighted by molar-refractivity contribution is 9.10. The first-order chi connectivity index (χ1) is 8.97. The second-order valence-corrected chi connectivity index (χ2v) is 5.10. The van der Waals surface area contributed by atoms with Crippen molar-refractivity contribution in [3.05, 3.63) is 32.8 Å². The van der Waals surface area contributed by atoms with E-state index in [-0.39, 0.29) is 18.3 Å². The zero-order valence-electron chi connectivity index (χ0n) is 9.88. The number of hydrogen-bond acceptors (Lipinski definition) is 4. The summed E-state index contributed by atoms with van der Waals surface area (Å²) in [6.07, 6.45) is 0.0541. The van der Waals surface area contributed by atoms with Gasteiger partial charge in [0.2, 0.25) is 0 Å². The lowest BCUT2D eigenvalue weighted by Crippen LogP contribution is -2.33. The third-order valence-corrected chi connectivity index (χ3v) is 3.52. The Morgan fingerprint density at radius 3 is 2.89 bits per heavy atom.